The fraction of sp³-hybridized carbons (Fsp3) is 0.417. The molecule has 4 nitrogen and oxygen atoms in total. The lowest BCUT2D eigenvalue weighted by Gasteiger charge is -2.11. The van der Waals surface area contributed by atoms with Crippen LogP contribution in [0.25, 0.3) is 0 Å². The third-order valence-electron chi connectivity index (χ3n) is 2.87. The predicted octanol–water partition coefficient (Wildman–Crippen LogP) is 1.69. The highest BCUT2D eigenvalue weighted by molar-refractivity contribution is 6.33. The Bertz CT molecular complexity index is 417. The Balaban J connectivity index is 1.97. The fourth-order valence-corrected chi connectivity index (χ4v) is 1.99. The molecule has 1 fully saturated rings. The fourth-order valence-electron chi connectivity index (χ4n) is 1.81. The van der Waals surface area contributed by atoms with Crippen LogP contribution in [0.15, 0.2) is 18.2 Å². The molecule has 92 valence electrons. The van der Waals surface area contributed by atoms with E-state index in [-0.39, 0.29) is 5.91 Å². The van der Waals surface area contributed by atoms with Gasteiger partial charge in [-0.15, -0.1) is 0 Å². The monoisotopic (exact) mass is 254 g/mol. The van der Waals surface area contributed by atoms with Gasteiger partial charge in [0.25, 0.3) is 5.91 Å². The van der Waals surface area contributed by atoms with Gasteiger partial charge >= 0.3 is 0 Å². The summed E-state index contributed by atoms with van der Waals surface area (Å²) in [7, 11) is 0. The van der Waals surface area contributed by atoms with Crippen molar-refractivity contribution < 1.29 is 9.53 Å². The van der Waals surface area contributed by atoms with Gasteiger partial charge in [-0.2, -0.15) is 0 Å². The van der Waals surface area contributed by atoms with Crippen LogP contribution in [-0.2, 0) is 4.74 Å². The zero-order chi connectivity index (χ0) is 12.3. The van der Waals surface area contributed by atoms with Gasteiger partial charge in [0.2, 0.25) is 0 Å². The summed E-state index contributed by atoms with van der Waals surface area (Å²) < 4.78 is 5.24. The van der Waals surface area contributed by atoms with Crippen LogP contribution >= 0.6 is 11.6 Å². The first-order valence-electron chi connectivity index (χ1n) is 5.58. The summed E-state index contributed by atoms with van der Waals surface area (Å²) in [5, 5.41) is 3.26. The first-order valence-corrected chi connectivity index (χ1v) is 5.96. The van der Waals surface area contributed by atoms with E-state index < -0.39 is 0 Å². The van der Waals surface area contributed by atoms with Gasteiger partial charge in [-0.05, 0) is 18.6 Å². The minimum Gasteiger partial charge on any atom is -0.397 e. The van der Waals surface area contributed by atoms with Crippen molar-refractivity contribution in [2.24, 2.45) is 5.92 Å². The summed E-state index contributed by atoms with van der Waals surface area (Å²) in [6.07, 6.45) is 0.991. The Hall–Kier alpha value is -1.26. The van der Waals surface area contributed by atoms with Crippen molar-refractivity contribution in [1.82, 2.24) is 5.32 Å². The number of nitrogen functional groups attached to an aromatic ring is 1. The molecule has 1 saturated heterocycles. The first kappa shape index (κ1) is 12.2. The van der Waals surface area contributed by atoms with Crippen LogP contribution in [0.1, 0.15) is 16.8 Å². The van der Waals surface area contributed by atoms with Crippen LogP contribution in [0.4, 0.5) is 5.69 Å². The Morgan fingerprint density at radius 1 is 1.59 bits per heavy atom. The van der Waals surface area contributed by atoms with Gasteiger partial charge in [0.05, 0.1) is 22.9 Å². The number of anilines is 1. The molecule has 0 saturated carbocycles. The van der Waals surface area contributed by atoms with Crippen molar-refractivity contribution in [3.63, 3.8) is 0 Å². The van der Waals surface area contributed by atoms with Crippen molar-refractivity contribution in [3.05, 3.63) is 28.8 Å². The molecule has 2 rings (SSSR count). The van der Waals surface area contributed by atoms with Crippen LogP contribution in [0.2, 0.25) is 5.02 Å². The third-order valence-corrected chi connectivity index (χ3v) is 3.20. The molecule has 1 amide bonds. The lowest BCUT2D eigenvalue weighted by atomic mass is 10.1. The number of para-hydroxylation sites is 1. The highest BCUT2D eigenvalue weighted by Gasteiger charge is 2.17. The van der Waals surface area contributed by atoms with Gasteiger partial charge in [0.1, 0.15) is 0 Å². The maximum Gasteiger partial charge on any atom is 0.253 e. The van der Waals surface area contributed by atoms with Crippen LogP contribution in [0.3, 0.4) is 0 Å². The highest BCUT2D eigenvalue weighted by atomic mass is 35.5. The van der Waals surface area contributed by atoms with Crippen molar-refractivity contribution in [2.45, 2.75) is 6.42 Å². The quantitative estimate of drug-likeness (QED) is 0.807. The predicted molar refractivity (Wildman–Crippen MR) is 67.1 cm³/mol. The van der Waals surface area contributed by atoms with E-state index in [1.807, 2.05) is 0 Å². The van der Waals surface area contributed by atoms with E-state index in [9.17, 15) is 4.79 Å². The number of carbonyl (C=O) groups is 1. The minimum atomic E-state index is -0.183. The molecule has 1 heterocycles. The molecule has 0 spiro atoms. The second-order valence-electron chi connectivity index (χ2n) is 4.14. The smallest absolute Gasteiger partial charge is 0.253 e. The summed E-state index contributed by atoms with van der Waals surface area (Å²) in [6, 6.07) is 5.05. The number of ether oxygens (including phenoxy) is 1. The second kappa shape index (κ2) is 5.38. The molecule has 1 aromatic carbocycles. The van der Waals surface area contributed by atoms with E-state index in [1.54, 1.807) is 18.2 Å². The second-order valence-corrected chi connectivity index (χ2v) is 4.55. The van der Waals surface area contributed by atoms with Gasteiger partial charge in [-0.1, -0.05) is 17.7 Å². The van der Waals surface area contributed by atoms with E-state index in [0.717, 1.165) is 13.0 Å². The van der Waals surface area contributed by atoms with Crippen LogP contribution in [-0.4, -0.2) is 25.7 Å². The molecule has 1 aromatic rings. The molecule has 1 atom stereocenters. The average molecular weight is 255 g/mol. The topological polar surface area (TPSA) is 64.4 Å². The Morgan fingerprint density at radius 2 is 2.41 bits per heavy atom. The summed E-state index contributed by atoms with van der Waals surface area (Å²) >= 11 is 5.86. The number of carbonyl (C=O) groups excluding carboxylic acids is 1. The summed E-state index contributed by atoms with van der Waals surface area (Å²) in [5.74, 6) is 0.219. The number of hydrogen-bond donors (Lipinski definition) is 2. The number of benzene rings is 1. The van der Waals surface area contributed by atoms with Crippen molar-refractivity contribution in [2.75, 3.05) is 25.5 Å². The van der Waals surface area contributed by atoms with Crippen LogP contribution in [0.5, 0.6) is 0 Å². The Kier molecular flexibility index (Phi) is 3.86. The van der Waals surface area contributed by atoms with Crippen molar-refractivity contribution in [3.8, 4) is 0 Å². The van der Waals surface area contributed by atoms with Gasteiger partial charge in [0.15, 0.2) is 0 Å². The minimum absolute atomic E-state index is 0.183. The molecule has 0 bridgehead atoms. The molecule has 0 aliphatic carbocycles. The summed E-state index contributed by atoms with van der Waals surface area (Å²) in [5.41, 5.74) is 6.51. The Morgan fingerprint density at radius 3 is 3.12 bits per heavy atom. The molecule has 5 heteroatoms. The molecule has 0 radical (unpaired) electrons. The molecular formula is C12H15ClN2O2. The van der Waals surface area contributed by atoms with E-state index in [0.29, 0.717) is 35.3 Å². The molecule has 1 aliphatic rings. The molecule has 1 unspecified atom stereocenters. The highest BCUT2D eigenvalue weighted by Crippen LogP contribution is 2.22. The van der Waals surface area contributed by atoms with Crippen LogP contribution in [0, 0.1) is 5.92 Å². The molecule has 17 heavy (non-hydrogen) atoms. The number of nitrogens with two attached hydrogens (primary N) is 1. The van der Waals surface area contributed by atoms with Crippen LogP contribution < -0.4 is 11.1 Å². The summed E-state index contributed by atoms with van der Waals surface area (Å²) in [6.45, 7) is 2.11. The number of halogens is 1. The number of amides is 1. The maximum atomic E-state index is 11.9. The normalized spacial score (nSPS) is 19.2. The molecular weight excluding hydrogens is 240 g/mol. The van der Waals surface area contributed by atoms with Crippen molar-refractivity contribution in [1.29, 1.82) is 0 Å². The SMILES string of the molecule is Nc1c(Cl)cccc1C(=O)NCC1CCOC1. The van der Waals surface area contributed by atoms with Gasteiger partial charge in [0, 0.05) is 19.1 Å². The number of hydrogen-bond acceptors (Lipinski definition) is 3. The maximum absolute atomic E-state index is 11.9. The lowest BCUT2D eigenvalue weighted by Crippen LogP contribution is -2.30. The Labute approximate surface area is 105 Å². The zero-order valence-corrected chi connectivity index (χ0v) is 10.2. The zero-order valence-electron chi connectivity index (χ0n) is 9.41. The van der Waals surface area contributed by atoms with E-state index >= 15 is 0 Å². The van der Waals surface area contributed by atoms with Crippen molar-refractivity contribution >= 4 is 23.2 Å². The van der Waals surface area contributed by atoms with Gasteiger partial charge < -0.3 is 15.8 Å². The third kappa shape index (κ3) is 2.90. The largest absolute Gasteiger partial charge is 0.397 e. The number of rotatable bonds is 3. The standard InChI is InChI=1S/C12H15ClN2O2/c13-10-3-1-2-9(11(10)14)12(16)15-6-8-4-5-17-7-8/h1-3,8H,4-7,14H2,(H,15,16). The van der Waals surface area contributed by atoms with Gasteiger partial charge in [-0.3, -0.25) is 4.79 Å². The molecule has 1 aliphatic heterocycles. The van der Waals surface area contributed by atoms with E-state index in [2.05, 4.69) is 5.32 Å². The average Bonchev–Trinajstić information content (AvgIpc) is 2.82. The van der Waals surface area contributed by atoms with E-state index in [1.165, 1.54) is 0 Å². The van der Waals surface area contributed by atoms with E-state index in [4.69, 9.17) is 22.1 Å². The molecule has 0 aromatic heterocycles. The van der Waals surface area contributed by atoms with Gasteiger partial charge in [-0.25, -0.2) is 0 Å². The molecule has 3 N–H and O–H groups in total. The first-order chi connectivity index (χ1) is 8.18. The lowest BCUT2D eigenvalue weighted by molar-refractivity contribution is 0.0946. The summed E-state index contributed by atoms with van der Waals surface area (Å²) in [4.78, 5) is 11.9. The number of nitrogens with one attached hydrogen (secondary N) is 1.